The summed E-state index contributed by atoms with van der Waals surface area (Å²) in [6.07, 6.45) is 3.05. The highest BCUT2D eigenvalue weighted by atomic mass is 32.2. The quantitative estimate of drug-likeness (QED) is 0.873. The van der Waals surface area contributed by atoms with Crippen molar-refractivity contribution in [2.45, 2.75) is 31.8 Å². The van der Waals surface area contributed by atoms with E-state index in [1.54, 1.807) is 0 Å². The molecule has 1 aliphatic heterocycles. The van der Waals surface area contributed by atoms with Crippen molar-refractivity contribution < 1.29 is 12.8 Å². The molecule has 0 bridgehead atoms. The molecule has 2 fully saturated rings. The van der Waals surface area contributed by atoms with E-state index >= 15 is 0 Å². The Morgan fingerprint density at radius 3 is 2.82 bits per heavy atom. The van der Waals surface area contributed by atoms with Gasteiger partial charge in [-0.15, -0.1) is 0 Å². The van der Waals surface area contributed by atoms with Crippen LogP contribution < -0.4 is 0 Å². The maximum Gasteiger partial charge on any atom is 0.151 e. The van der Waals surface area contributed by atoms with Crippen LogP contribution in [0.4, 0.5) is 0 Å². The Labute approximate surface area is 131 Å². The van der Waals surface area contributed by atoms with E-state index in [0.29, 0.717) is 24.0 Å². The Morgan fingerprint density at radius 2 is 2.05 bits per heavy atom. The molecule has 1 atom stereocenters. The Morgan fingerprint density at radius 1 is 1.23 bits per heavy atom. The van der Waals surface area contributed by atoms with Crippen LogP contribution in [0.5, 0.6) is 0 Å². The normalized spacial score (nSPS) is 26.1. The van der Waals surface area contributed by atoms with Gasteiger partial charge in [-0.2, -0.15) is 0 Å². The standard InChI is InChI=1S/C17H21NO3S/c19-22(20)9-3-8-18(16(12-22)13-6-7-13)11-15-10-14-4-1-2-5-17(14)21-15/h1-2,4-5,10,13,16H,3,6-9,11-12H2. The topological polar surface area (TPSA) is 50.5 Å². The van der Waals surface area contributed by atoms with E-state index in [1.807, 2.05) is 24.3 Å². The molecule has 1 aliphatic carbocycles. The van der Waals surface area contributed by atoms with E-state index in [-0.39, 0.29) is 6.04 Å². The van der Waals surface area contributed by atoms with Crippen LogP contribution in [0.15, 0.2) is 34.7 Å². The number of furan rings is 1. The first-order valence-electron chi connectivity index (χ1n) is 8.03. The van der Waals surface area contributed by atoms with Crippen LogP contribution in [0.25, 0.3) is 11.0 Å². The van der Waals surface area contributed by atoms with E-state index < -0.39 is 9.84 Å². The summed E-state index contributed by atoms with van der Waals surface area (Å²) >= 11 is 0. The van der Waals surface area contributed by atoms with Gasteiger partial charge in [0.05, 0.1) is 18.1 Å². The fourth-order valence-corrected chi connectivity index (χ4v) is 5.27. The van der Waals surface area contributed by atoms with Crippen molar-refractivity contribution >= 4 is 20.8 Å². The third-order valence-electron chi connectivity index (χ3n) is 4.80. The lowest BCUT2D eigenvalue weighted by molar-refractivity contribution is 0.175. The SMILES string of the molecule is O=S1(=O)CCCN(Cc2cc3ccccc3o2)C(C2CC2)C1. The molecule has 0 amide bonds. The summed E-state index contributed by atoms with van der Waals surface area (Å²) in [5.74, 6) is 2.13. The van der Waals surface area contributed by atoms with Crippen molar-refractivity contribution in [2.24, 2.45) is 5.92 Å². The van der Waals surface area contributed by atoms with Crippen LogP contribution in [-0.4, -0.2) is 37.4 Å². The molecule has 1 unspecified atom stereocenters. The van der Waals surface area contributed by atoms with E-state index in [0.717, 1.165) is 42.5 Å². The lowest BCUT2D eigenvalue weighted by atomic mass is 10.1. The number of sulfone groups is 1. The minimum atomic E-state index is -2.90. The number of benzene rings is 1. The smallest absolute Gasteiger partial charge is 0.151 e. The Balaban J connectivity index is 1.59. The summed E-state index contributed by atoms with van der Waals surface area (Å²) in [6.45, 7) is 1.56. The first kappa shape index (κ1) is 14.3. The number of fused-ring (bicyclic) bond motifs is 1. The van der Waals surface area contributed by atoms with Gasteiger partial charge in [-0.1, -0.05) is 18.2 Å². The Hall–Kier alpha value is -1.33. The number of para-hydroxylation sites is 1. The molecule has 1 saturated heterocycles. The van der Waals surface area contributed by atoms with Gasteiger partial charge in [0.15, 0.2) is 9.84 Å². The molecule has 0 spiro atoms. The molecule has 4 rings (SSSR count). The third kappa shape index (κ3) is 2.92. The van der Waals surface area contributed by atoms with Gasteiger partial charge in [-0.25, -0.2) is 8.42 Å². The number of nitrogens with zero attached hydrogens (tertiary/aromatic N) is 1. The maximum atomic E-state index is 12.1. The van der Waals surface area contributed by atoms with Crippen LogP contribution in [0.3, 0.4) is 0 Å². The summed E-state index contributed by atoms with van der Waals surface area (Å²) in [6, 6.07) is 10.3. The van der Waals surface area contributed by atoms with Gasteiger partial charge >= 0.3 is 0 Å². The van der Waals surface area contributed by atoms with E-state index in [2.05, 4.69) is 11.0 Å². The molecular weight excluding hydrogens is 298 g/mol. The molecular formula is C17H21NO3S. The molecule has 118 valence electrons. The first-order chi connectivity index (χ1) is 10.6. The molecule has 2 heterocycles. The van der Waals surface area contributed by atoms with Crippen LogP contribution >= 0.6 is 0 Å². The zero-order valence-corrected chi connectivity index (χ0v) is 13.4. The van der Waals surface area contributed by atoms with E-state index in [4.69, 9.17) is 4.42 Å². The second-order valence-corrected chi connectivity index (χ2v) is 8.82. The average Bonchev–Trinajstić information content (AvgIpc) is 3.24. The van der Waals surface area contributed by atoms with E-state index in [9.17, 15) is 8.42 Å². The van der Waals surface area contributed by atoms with E-state index in [1.165, 1.54) is 0 Å². The summed E-state index contributed by atoms with van der Waals surface area (Å²) in [5, 5.41) is 1.11. The first-order valence-corrected chi connectivity index (χ1v) is 9.85. The summed E-state index contributed by atoms with van der Waals surface area (Å²) < 4.78 is 30.1. The van der Waals surface area contributed by atoms with Crippen LogP contribution in [0, 0.1) is 5.92 Å². The molecule has 1 saturated carbocycles. The maximum absolute atomic E-state index is 12.1. The second kappa shape index (κ2) is 5.39. The molecule has 1 aromatic carbocycles. The predicted octanol–water partition coefficient (Wildman–Crippen LogP) is 2.83. The van der Waals surface area contributed by atoms with Gasteiger partial charge in [0, 0.05) is 11.4 Å². The third-order valence-corrected chi connectivity index (χ3v) is 6.56. The molecule has 22 heavy (non-hydrogen) atoms. The highest BCUT2D eigenvalue weighted by Crippen LogP contribution is 2.38. The van der Waals surface area contributed by atoms with Crippen LogP contribution in [-0.2, 0) is 16.4 Å². The van der Waals surface area contributed by atoms with Crippen molar-refractivity contribution in [3.05, 3.63) is 36.1 Å². The van der Waals surface area contributed by atoms with Crippen molar-refractivity contribution in [3.8, 4) is 0 Å². The fourth-order valence-electron chi connectivity index (χ4n) is 3.53. The van der Waals surface area contributed by atoms with Crippen molar-refractivity contribution in [3.63, 3.8) is 0 Å². The predicted molar refractivity (Wildman–Crippen MR) is 86.4 cm³/mol. The van der Waals surface area contributed by atoms with Gasteiger partial charge in [0.1, 0.15) is 11.3 Å². The number of hydrogen-bond acceptors (Lipinski definition) is 4. The molecule has 0 N–H and O–H groups in total. The molecule has 1 aromatic heterocycles. The lowest BCUT2D eigenvalue weighted by Crippen LogP contribution is -2.39. The lowest BCUT2D eigenvalue weighted by Gasteiger charge is -2.28. The van der Waals surface area contributed by atoms with Gasteiger partial charge in [-0.05, 0) is 43.9 Å². The largest absolute Gasteiger partial charge is 0.460 e. The second-order valence-electron chi connectivity index (χ2n) is 6.59. The fraction of sp³-hybridized carbons (Fsp3) is 0.529. The molecule has 2 aliphatic rings. The monoisotopic (exact) mass is 319 g/mol. The number of rotatable bonds is 3. The Kier molecular flexibility index (Phi) is 3.50. The average molecular weight is 319 g/mol. The van der Waals surface area contributed by atoms with Gasteiger partial charge in [0.2, 0.25) is 0 Å². The number of hydrogen-bond donors (Lipinski definition) is 0. The highest BCUT2D eigenvalue weighted by Gasteiger charge is 2.39. The molecule has 5 heteroatoms. The zero-order valence-electron chi connectivity index (χ0n) is 12.6. The van der Waals surface area contributed by atoms with Gasteiger partial charge < -0.3 is 4.42 Å². The Bertz CT molecular complexity index is 743. The molecule has 2 aromatic rings. The van der Waals surface area contributed by atoms with Crippen molar-refractivity contribution in [2.75, 3.05) is 18.1 Å². The van der Waals surface area contributed by atoms with Crippen molar-refractivity contribution in [1.29, 1.82) is 0 Å². The summed E-state index contributed by atoms with van der Waals surface area (Å²) in [4.78, 5) is 2.33. The van der Waals surface area contributed by atoms with Crippen molar-refractivity contribution in [1.82, 2.24) is 4.90 Å². The summed E-state index contributed by atoms with van der Waals surface area (Å²) in [7, 11) is -2.90. The highest BCUT2D eigenvalue weighted by molar-refractivity contribution is 7.91. The molecule has 4 nitrogen and oxygen atoms in total. The van der Waals surface area contributed by atoms with Crippen LogP contribution in [0.2, 0.25) is 0 Å². The zero-order chi connectivity index (χ0) is 15.2. The summed E-state index contributed by atoms with van der Waals surface area (Å²) in [5.41, 5.74) is 0.905. The van der Waals surface area contributed by atoms with Gasteiger partial charge in [-0.3, -0.25) is 4.90 Å². The van der Waals surface area contributed by atoms with Gasteiger partial charge in [0.25, 0.3) is 0 Å². The minimum Gasteiger partial charge on any atom is -0.460 e. The molecule has 0 radical (unpaired) electrons. The van der Waals surface area contributed by atoms with Crippen LogP contribution in [0.1, 0.15) is 25.0 Å². The minimum absolute atomic E-state index is 0.167.